The zero-order chi connectivity index (χ0) is 11.8. The highest BCUT2D eigenvalue weighted by molar-refractivity contribution is 7.85. The lowest BCUT2D eigenvalue weighted by Gasteiger charge is -2.14. The molecule has 0 radical (unpaired) electrons. The van der Waals surface area contributed by atoms with Gasteiger partial charge in [0.25, 0.3) is 0 Å². The topological polar surface area (TPSA) is 57.2 Å². The normalized spacial score (nSPS) is 16.2. The number of rotatable bonds is 2. The molecule has 1 aliphatic carbocycles. The minimum Gasteiger partial charge on any atom is -0.744 e. The molecular weight excluding hydrogens is 224 g/mol. The molecule has 0 atom stereocenters. The van der Waals surface area contributed by atoms with E-state index in [9.17, 15) is 13.0 Å². The van der Waals surface area contributed by atoms with Crippen molar-refractivity contribution >= 4 is 15.7 Å². The van der Waals surface area contributed by atoms with Gasteiger partial charge in [0.05, 0.1) is 4.90 Å². The molecule has 0 heterocycles. The van der Waals surface area contributed by atoms with Gasteiger partial charge in [0.15, 0.2) is 0 Å². The molecule has 86 valence electrons. The van der Waals surface area contributed by atoms with Crippen LogP contribution in [0, 0.1) is 6.92 Å². The van der Waals surface area contributed by atoms with E-state index < -0.39 is 10.1 Å². The Morgan fingerprint density at radius 1 is 1.31 bits per heavy atom. The van der Waals surface area contributed by atoms with Crippen LogP contribution in [-0.4, -0.2) is 13.0 Å². The van der Waals surface area contributed by atoms with Gasteiger partial charge in [-0.05, 0) is 43.4 Å². The first-order valence-corrected chi connectivity index (χ1v) is 6.65. The summed E-state index contributed by atoms with van der Waals surface area (Å²) < 4.78 is 33.4. The Bertz CT molecular complexity index is 541. The van der Waals surface area contributed by atoms with Crippen LogP contribution in [0.1, 0.15) is 30.4 Å². The fourth-order valence-electron chi connectivity index (χ4n) is 2.03. The first-order valence-electron chi connectivity index (χ1n) is 5.24. The first-order chi connectivity index (χ1) is 7.48. The van der Waals surface area contributed by atoms with E-state index in [-0.39, 0.29) is 4.90 Å². The first kappa shape index (κ1) is 11.4. The van der Waals surface area contributed by atoms with Gasteiger partial charge < -0.3 is 4.55 Å². The summed E-state index contributed by atoms with van der Waals surface area (Å²) in [6.45, 7) is 1.89. The van der Waals surface area contributed by atoms with E-state index >= 15 is 0 Å². The maximum Gasteiger partial charge on any atom is 0.125 e. The molecule has 0 saturated heterocycles. The molecule has 1 aliphatic rings. The minimum atomic E-state index is -4.38. The predicted octanol–water partition coefficient (Wildman–Crippen LogP) is 2.47. The molecular formula is C12H13O3S-. The van der Waals surface area contributed by atoms with Crippen molar-refractivity contribution in [2.24, 2.45) is 0 Å². The van der Waals surface area contributed by atoms with Crippen LogP contribution in [0.3, 0.4) is 0 Å². The Hall–Kier alpha value is -1.13. The maximum atomic E-state index is 11.1. The standard InChI is InChI=1S/C12H14O3S/c1-9-6-7-12(16(13,14)15)11(8-9)10-4-2-3-5-10/h4,6-8H,2-3,5H2,1H3,(H,13,14,15)/p-1. The summed E-state index contributed by atoms with van der Waals surface area (Å²) in [5.74, 6) is 0. The molecule has 1 aromatic carbocycles. The summed E-state index contributed by atoms with van der Waals surface area (Å²) in [5.41, 5.74) is 2.54. The van der Waals surface area contributed by atoms with Crippen molar-refractivity contribution in [2.75, 3.05) is 0 Å². The van der Waals surface area contributed by atoms with Crippen LogP contribution in [0.2, 0.25) is 0 Å². The Labute approximate surface area is 95.6 Å². The number of allylic oxidation sites excluding steroid dienone is 2. The largest absolute Gasteiger partial charge is 0.744 e. The molecule has 4 heteroatoms. The van der Waals surface area contributed by atoms with E-state index in [0.29, 0.717) is 5.56 Å². The summed E-state index contributed by atoms with van der Waals surface area (Å²) in [7, 11) is -4.38. The molecule has 0 spiro atoms. The lowest BCUT2D eigenvalue weighted by Crippen LogP contribution is -2.03. The highest BCUT2D eigenvalue weighted by Crippen LogP contribution is 2.32. The summed E-state index contributed by atoms with van der Waals surface area (Å²) in [6, 6.07) is 4.85. The summed E-state index contributed by atoms with van der Waals surface area (Å²) >= 11 is 0. The van der Waals surface area contributed by atoms with Crippen molar-refractivity contribution in [2.45, 2.75) is 31.1 Å². The molecule has 0 fully saturated rings. The second-order valence-electron chi connectivity index (χ2n) is 4.08. The fraction of sp³-hybridized carbons (Fsp3) is 0.333. The van der Waals surface area contributed by atoms with Gasteiger partial charge in [0.2, 0.25) is 0 Å². The molecule has 0 aromatic heterocycles. The highest BCUT2D eigenvalue weighted by atomic mass is 32.2. The minimum absolute atomic E-state index is 0.0914. The molecule has 0 saturated carbocycles. The number of benzene rings is 1. The van der Waals surface area contributed by atoms with Gasteiger partial charge in [-0.3, -0.25) is 0 Å². The van der Waals surface area contributed by atoms with Crippen LogP contribution in [0.25, 0.3) is 5.57 Å². The molecule has 0 amide bonds. The third kappa shape index (κ3) is 2.18. The Balaban J connectivity index is 2.62. The lowest BCUT2D eigenvalue weighted by atomic mass is 10.0. The van der Waals surface area contributed by atoms with Gasteiger partial charge in [0, 0.05) is 0 Å². The van der Waals surface area contributed by atoms with Crippen molar-refractivity contribution in [3.63, 3.8) is 0 Å². The lowest BCUT2D eigenvalue weighted by molar-refractivity contribution is 0.463. The van der Waals surface area contributed by atoms with Crippen molar-refractivity contribution in [1.82, 2.24) is 0 Å². The average molecular weight is 237 g/mol. The van der Waals surface area contributed by atoms with Gasteiger partial charge in [-0.1, -0.05) is 23.8 Å². The van der Waals surface area contributed by atoms with Gasteiger partial charge in [-0.25, -0.2) is 8.42 Å². The van der Waals surface area contributed by atoms with Crippen molar-refractivity contribution in [3.8, 4) is 0 Å². The SMILES string of the molecule is Cc1ccc(S(=O)(=O)[O-])c(C2=CCCC2)c1. The quantitative estimate of drug-likeness (QED) is 0.742. The Morgan fingerprint density at radius 3 is 2.62 bits per heavy atom. The molecule has 0 N–H and O–H groups in total. The average Bonchev–Trinajstić information content (AvgIpc) is 2.68. The molecule has 0 unspecified atom stereocenters. The summed E-state index contributed by atoms with van der Waals surface area (Å²) in [4.78, 5) is -0.0914. The maximum absolute atomic E-state index is 11.1. The predicted molar refractivity (Wildman–Crippen MR) is 61.0 cm³/mol. The zero-order valence-corrected chi connectivity index (χ0v) is 9.88. The van der Waals surface area contributed by atoms with Crippen molar-refractivity contribution in [1.29, 1.82) is 0 Å². The molecule has 2 rings (SSSR count). The van der Waals surface area contributed by atoms with Gasteiger partial charge >= 0.3 is 0 Å². The van der Waals surface area contributed by atoms with E-state index in [1.807, 2.05) is 13.0 Å². The van der Waals surface area contributed by atoms with Crippen molar-refractivity contribution < 1.29 is 13.0 Å². The van der Waals surface area contributed by atoms with Crippen LogP contribution < -0.4 is 0 Å². The third-order valence-corrected chi connectivity index (χ3v) is 3.69. The van der Waals surface area contributed by atoms with E-state index in [1.54, 1.807) is 12.1 Å². The smallest absolute Gasteiger partial charge is 0.125 e. The zero-order valence-electron chi connectivity index (χ0n) is 9.06. The molecule has 0 bridgehead atoms. The number of aryl methyl sites for hydroxylation is 1. The van der Waals surface area contributed by atoms with Gasteiger partial charge in [0.1, 0.15) is 10.1 Å². The molecule has 3 nitrogen and oxygen atoms in total. The van der Waals surface area contributed by atoms with Crippen LogP contribution in [0.15, 0.2) is 29.2 Å². The van der Waals surface area contributed by atoms with Crippen LogP contribution in [0.5, 0.6) is 0 Å². The molecule has 16 heavy (non-hydrogen) atoms. The van der Waals surface area contributed by atoms with Crippen LogP contribution in [0.4, 0.5) is 0 Å². The second kappa shape index (κ2) is 4.03. The molecule has 1 aromatic rings. The number of hydrogen-bond donors (Lipinski definition) is 0. The molecule has 0 aliphatic heterocycles. The van der Waals surface area contributed by atoms with E-state index in [0.717, 1.165) is 30.4 Å². The second-order valence-corrected chi connectivity index (χ2v) is 5.42. The third-order valence-electron chi connectivity index (χ3n) is 2.79. The van der Waals surface area contributed by atoms with E-state index in [1.165, 1.54) is 6.07 Å². The van der Waals surface area contributed by atoms with Crippen LogP contribution in [-0.2, 0) is 10.1 Å². The van der Waals surface area contributed by atoms with Gasteiger partial charge in [-0.15, -0.1) is 0 Å². The summed E-state index contributed by atoms with van der Waals surface area (Å²) in [5, 5.41) is 0. The monoisotopic (exact) mass is 237 g/mol. The van der Waals surface area contributed by atoms with Gasteiger partial charge in [-0.2, -0.15) is 0 Å². The Kier molecular flexibility index (Phi) is 2.86. The fourth-order valence-corrected chi connectivity index (χ4v) is 2.72. The van der Waals surface area contributed by atoms with E-state index in [4.69, 9.17) is 0 Å². The Morgan fingerprint density at radius 2 is 2.06 bits per heavy atom. The van der Waals surface area contributed by atoms with Crippen LogP contribution >= 0.6 is 0 Å². The summed E-state index contributed by atoms with van der Waals surface area (Å²) in [6.07, 6.45) is 4.86. The van der Waals surface area contributed by atoms with E-state index in [2.05, 4.69) is 0 Å². The number of hydrogen-bond acceptors (Lipinski definition) is 3. The highest BCUT2D eigenvalue weighted by Gasteiger charge is 2.15. The van der Waals surface area contributed by atoms with Crippen molar-refractivity contribution in [3.05, 3.63) is 35.4 Å².